The van der Waals surface area contributed by atoms with Crippen molar-refractivity contribution in [3.63, 3.8) is 0 Å². The summed E-state index contributed by atoms with van der Waals surface area (Å²) in [6.07, 6.45) is 5.77. The summed E-state index contributed by atoms with van der Waals surface area (Å²) in [5.74, 6) is 1.83. The molecule has 0 aliphatic carbocycles. The van der Waals surface area contributed by atoms with E-state index in [9.17, 15) is 0 Å². The van der Waals surface area contributed by atoms with Crippen molar-refractivity contribution in [2.75, 3.05) is 26.9 Å². The lowest BCUT2D eigenvalue weighted by atomic mass is 10.2. The SMILES string of the molecule is COCCOc1ccc2[nH]nc(-c3nccc(-n4cc(CCO)cn4)n3)c2c1. The number of aromatic amines is 1. The highest BCUT2D eigenvalue weighted by Gasteiger charge is 2.13. The van der Waals surface area contributed by atoms with Crippen LogP contribution in [-0.4, -0.2) is 62.0 Å². The third-order valence-corrected chi connectivity index (χ3v) is 4.21. The van der Waals surface area contributed by atoms with E-state index in [0.717, 1.165) is 22.2 Å². The number of H-pyrrole nitrogens is 1. The second-order valence-corrected chi connectivity index (χ2v) is 6.13. The van der Waals surface area contributed by atoms with Crippen molar-refractivity contribution < 1.29 is 14.6 Å². The molecule has 4 aromatic rings. The van der Waals surface area contributed by atoms with Crippen LogP contribution in [0.2, 0.25) is 0 Å². The van der Waals surface area contributed by atoms with Gasteiger partial charge in [-0.3, -0.25) is 5.10 Å². The number of benzene rings is 1. The highest BCUT2D eigenvalue weighted by Crippen LogP contribution is 2.27. The normalized spacial score (nSPS) is 11.2. The van der Waals surface area contributed by atoms with Gasteiger partial charge in [-0.15, -0.1) is 0 Å². The van der Waals surface area contributed by atoms with E-state index in [1.54, 1.807) is 30.3 Å². The monoisotopic (exact) mass is 380 g/mol. The van der Waals surface area contributed by atoms with Gasteiger partial charge in [0.25, 0.3) is 0 Å². The molecule has 9 nitrogen and oxygen atoms in total. The quantitative estimate of drug-likeness (QED) is 0.448. The number of aromatic nitrogens is 6. The minimum Gasteiger partial charge on any atom is -0.491 e. The maximum Gasteiger partial charge on any atom is 0.182 e. The van der Waals surface area contributed by atoms with Gasteiger partial charge >= 0.3 is 0 Å². The Morgan fingerprint density at radius 3 is 3.00 bits per heavy atom. The van der Waals surface area contributed by atoms with E-state index in [1.165, 1.54) is 0 Å². The first-order chi connectivity index (χ1) is 13.8. The molecule has 0 bridgehead atoms. The molecule has 0 radical (unpaired) electrons. The van der Waals surface area contributed by atoms with E-state index in [4.69, 9.17) is 14.6 Å². The molecule has 0 aliphatic rings. The van der Waals surface area contributed by atoms with Crippen LogP contribution in [0.1, 0.15) is 5.56 Å². The largest absolute Gasteiger partial charge is 0.491 e. The second-order valence-electron chi connectivity index (χ2n) is 6.13. The lowest BCUT2D eigenvalue weighted by Crippen LogP contribution is -2.04. The number of hydrogen-bond donors (Lipinski definition) is 2. The molecular formula is C19H20N6O3. The molecule has 0 saturated carbocycles. The predicted molar refractivity (Wildman–Crippen MR) is 102 cm³/mol. The molecular weight excluding hydrogens is 360 g/mol. The summed E-state index contributed by atoms with van der Waals surface area (Å²) < 4.78 is 12.4. The van der Waals surface area contributed by atoms with Crippen molar-refractivity contribution in [1.29, 1.82) is 0 Å². The van der Waals surface area contributed by atoms with E-state index >= 15 is 0 Å². The van der Waals surface area contributed by atoms with Crippen molar-refractivity contribution >= 4 is 10.9 Å². The Bertz CT molecular complexity index is 1070. The number of rotatable bonds is 8. The van der Waals surface area contributed by atoms with Crippen molar-refractivity contribution in [2.45, 2.75) is 6.42 Å². The molecule has 2 N–H and O–H groups in total. The number of nitrogens with one attached hydrogen (secondary N) is 1. The summed E-state index contributed by atoms with van der Waals surface area (Å²) >= 11 is 0. The van der Waals surface area contributed by atoms with Gasteiger partial charge in [-0.2, -0.15) is 10.2 Å². The fourth-order valence-electron chi connectivity index (χ4n) is 2.83. The molecule has 3 heterocycles. The number of fused-ring (bicyclic) bond motifs is 1. The van der Waals surface area contributed by atoms with Gasteiger partial charge in [-0.25, -0.2) is 14.6 Å². The Kier molecular flexibility index (Phi) is 5.27. The molecule has 3 aromatic heterocycles. The van der Waals surface area contributed by atoms with Gasteiger partial charge in [0.1, 0.15) is 18.1 Å². The predicted octanol–water partition coefficient (Wildman–Crippen LogP) is 1.77. The fraction of sp³-hybridized carbons (Fsp3) is 0.263. The minimum absolute atomic E-state index is 0.0781. The second kappa shape index (κ2) is 8.15. The van der Waals surface area contributed by atoms with Crippen LogP contribution in [0.3, 0.4) is 0 Å². The zero-order valence-electron chi connectivity index (χ0n) is 15.4. The van der Waals surface area contributed by atoms with E-state index in [-0.39, 0.29) is 6.61 Å². The van der Waals surface area contributed by atoms with E-state index in [1.807, 2.05) is 24.4 Å². The third kappa shape index (κ3) is 3.71. The molecule has 0 saturated heterocycles. The van der Waals surface area contributed by atoms with Crippen LogP contribution in [0.4, 0.5) is 0 Å². The van der Waals surface area contributed by atoms with Gasteiger partial charge in [-0.1, -0.05) is 0 Å². The number of ether oxygens (including phenoxy) is 2. The van der Waals surface area contributed by atoms with Crippen LogP contribution in [0.25, 0.3) is 28.2 Å². The standard InChI is InChI=1S/C19H20N6O3/c1-27-8-9-28-14-2-3-16-15(10-14)18(24-23-16)19-20-6-4-17(22-19)25-12-13(5-7-26)11-21-25/h2-4,6,10-12,26H,5,7-9H2,1H3,(H,23,24). The molecule has 0 atom stereocenters. The van der Waals surface area contributed by atoms with Crippen LogP contribution in [0.5, 0.6) is 5.75 Å². The first kappa shape index (κ1) is 18.1. The Morgan fingerprint density at radius 2 is 2.14 bits per heavy atom. The average Bonchev–Trinajstić information content (AvgIpc) is 3.35. The van der Waals surface area contributed by atoms with Crippen molar-refractivity contribution in [3.05, 3.63) is 48.4 Å². The van der Waals surface area contributed by atoms with Crippen LogP contribution >= 0.6 is 0 Å². The van der Waals surface area contributed by atoms with Crippen LogP contribution < -0.4 is 4.74 Å². The smallest absolute Gasteiger partial charge is 0.182 e. The number of aliphatic hydroxyl groups is 1. The Hall–Kier alpha value is -3.30. The van der Waals surface area contributed by atoms with Gasteiger partial charge < -0.3 is 14.6 Å². The first-order valence-corrected chi connectivity index (χ1v) is 8.86. The van der Waals surface area contributed by atoms with Crippen LogP contribution in [-0.2, 0) is 11.2 Å². The summed E-state index contributed by atoms with van der Waals surface area (Å²) in [4.78, 5) is 8.97. The van der Waals surface area contributed by atoms with Crippen molar-refractivity contribution in [1.82, 2.24) is 29.9 Å². The minimum atomic E-state index is 0.0781. The van der Waals surface area contributed by atoms with E-state index in [2.05, 4.69) is 25.3 Å². The van der Waals surface area contributed by atoms with Crippen LogP contribution in [0.15, 0.2) is 42.9 Å². The van der Waals surface area contributed by atoms with Gasteiger partial charge in [0.15, 0.2) is 11.6 Å². The number of hydrogen-bond acceptors (Lipinski definition) is 7. The Balaban J connectivity index is 1.66. The molecule has 0 fully saturated rings. The van der Waals surface area contributed by atoms with Crippen molar-refractivity contribution in [3.8, 4) is 23.1 Å². The molecule has 0 aliphatic heterocycles. The highest BCUT2D eigenvalue weighted by molar-refractivity contribution is 5.92. The lowest BCUT2D eigenvalue weighted by Gasteiger charge is -2.06. The lowest BCUT2D eigenvalue weighted by molar-refractivity contribution is 0.146. The summed E-state index contributed by atoms with van der Waals surface area (Å²) in [5.41, 5.74) is 2.44. The fourth-order valence-corrected chi connectivity index (χ4v) is 2.83. The van der Waals surface area contributed by atoms with Gasteiger partial charge in [0.05, 0.1) is 18.3 Å². The molecule has 9 heteroatoms. The van der Waals surface area contributed by atoms with Crippen molar-refractivity contribution in [2.24, 2.45) is 0 Å². The summed E-state index contributed by atoms with van der Waals surface area (Å²) in [6.45, 7) is 1.06. The van der Waals surface area contributed by atoms with Gasteiger partial charge in [-0.05, 0) is 30.2 Å². The van der Waals surface area contributed by atoms with E-state index in [0.29, 0.717) is 37.0 Å². The molecule has 0 unspecified atom stereocenters. The third-order valence-electron chi connectivity index (χ3n) is 4.21. The number of aliphatic hydroxyl groups excluding tert-OH is 1. The first-order valence-electron chi connectivity index (χ1n) is 8.86. The zero-order valence-corrected chi connectivity index (χ0v) is 15.4. The van der Waals surface area contributed by atoms with Gasteiger partial charge in [0, 0.05) is 37.6 Å². The molecule has 4 rings (SSSR count). The molecule has 28 heavy (non-hydrogen) atoms. The Morgan fingerprint density at radius 1 is 1.21 bits per heavy atom. The average molecular weight is 380 g/mol. The maximum atomic E-state index is 9.07. The molecule has 0 spiro atoms. The number of methoxy groups -OCH3 is 1. The van der Waals surface area contributed by atoms with Crippen LogP contribution in [0, 0.1) is 0 Å². The molecule has 144 valence electrons. The summed E-state index contributed by atoms with van der Waals surface area (Å²) in [5, 5.41) is 21.6. The summed E-state index contributed by atoms with van der Waals surface area (Å²) in [7, 11) is 1.64. The maximum absolute atomic E-state index is 9.07. The Labute approximate surface area is 161 Å². The topological polar surface area (TPSA) is 111 Å². The zero-order chi connectivity index (χ0) is 19.3. The van der Waals surface area contributed by atoms with Gasteiger partial charge in [0.2, 0.25) is 0 Å². The summed E-state index contributed by atoms with van der Waals surface area (Å²) in [6, 6.07) is 7.47. The highest BCUT2D eigenvalue weighted by atomic mass is 16.5. The molecule has 0 amide bonds. The molecule has 1 aromatic carbocycles. The van der Waals surface area contributed by atoms with E-state index < -0.39 is 0 Å². The number of nitrogens with zero attached hydrogens (tertiary/aromatic N) is 5.